The van der Waals surface area contributed by atoms with E-state index in [0.717, 1.165) is 30.3 Å². The lowest BCUT2D eigenvalue weighted by Gasteiger charge is -2.10. The summed E-state index contributed by atoms with van der Waals surface area (Å²) in [5.74, 6) is -3.62. The molecule has 0 spiro atoms. The van der Waals surface area contributed by atoms with Gasteiger partial charge in [-0.1, -0.05) is 0 Å². The molecule has 2 aromatic rings. The molecule has 0 fully saturated rings. The number of nitrogens with one attached hydrogen (secondary N) is 1. The Morgan fingerprint density at radius 1 is 0.947 bits per heavy atom. The summed E-state index contributed by atoms with van der Waals surface area (Å²) in [6.45, 7) is 0. The number of carbonyl (C=O) groups is 1. The first-order chi connectivity index (χ1) is 8.97. The molecule has 0 amide bonds. The maximum Gasteiger partial charge on any atom is 0.337 e. The van der Waals surface area contributed by atoms with Crippen LogP contribution < -0.4 is 5.32 Å². The van der Waals surface area contributed by atoms with Crippen LogP contribution in [-0.4, -0.2) is 11.1 Å². The number of carboxylic acid groups (broad SMARTS) is 1. The third kappa shape index (κ3) is 2.85. The molecule has 19 heavy (non-hydrogen) atoms. The SMILES string of the molecule is O=C(O)c1ccc(F)cc1Nc1ccc(F)cc1F. The van der Waals surface area contributed by atoms with E-state index in [9.17, 15) is 18.0 Å². The van der Waals surface area contributed by atoms with Crippen LogP contribution in [0.25, 0.3) is 0 Å². The number of hydrogen-bond acceptors (Lipinski definition) is 2. The molecule has 2 aromatic carbocycles. The van der Waals surface area contributed by atoms with Crippen LogP contribution in [0.4, 0.5) is 24.5 Å². The average Bonchev–Trinajstić information content (AvgIpc) is 2.32. The molecule has 0 aliphatic carbocycles. The van der Waals surface area contributed by atoms with Gasteiger partial charge in [-0.25, -0.2) is 18.0 Å². The van der Waals surface area contributed by atoms with Crippen molar-refractivity contribution in [2.24, 2.45) is 0 Å². The van der Waals surface area contributed by atoms with Crippen molar-refractivity contribution in [3.63, 3.8) is 0 Å². The first-order valence-electron chi connectivity index (χ1n) is 5.22. The van der Waals surface area contributed by atoms with Crippen molar-refractivity contribution >= 4 is 17.3 Å². The van der Waals surface area contributed by atoms with Crippen LogP contribution in [0.15, 0.2) is 36.4 Å². The van der Waals surface area contributed by atoms with Gasteiger partial charge in [-0.05, 0) is 30.3 Å². The van der Waals surface area contributed by atoms with E-state index < -0.39 is 23.4 Å². The summed E-state index contributed by atoms with van der Waals surface area (Å²) in [7, 11) is 0. The Morgan fingerprint density at radius 2 is 1.58 bits per heavy atom. The maximum atomic E-state index is 13.4. The van der Waals surface area contributed by atoms with E-state index in [0.29, 0.717) is 6.07 Å². The predicted octanol–water partition coefficient (Wildman–Crippen LogP) is 3.55. The van der Waals surface area contributed by atoms with Crippen LogP contribution >= 0.6 is 0 Å². The summed E-state index contributed by atoms with van der Waals surface area (Å²) in [5, 5.41) is 11.4. The zero-order chi connectivity index (χ0) is 14.0. The summed E-state index contributed by atoms with van der Waals surface area (Å²) in [6, 6.07) is 5.71. The molecule has 0 aliphatic heterocycles. The lowest BCUT2D eigenvalue weighted by molar-refractivity contribution is 0.0698. The number of carboxylic acids is 1. The molecule has 0 aliphatic rings. The van der Waals surface area contributed by atoms with Gasteiger partial charge < -0.3 is 10.4 Å². The van der Waals surface area contributed by atoms with E-state index in [1.165, 1.54) is 0 Å². The summed E-state index contributed by atoms with van der Waals surface area (Å²) >= 11 is 0. The monoisotopic (exact) mass is 267 g/mol. The van der Waals surface area contributed by atoms with Gasteiger partial charge in [-0.2, -0.15) is 0 Å². The standard InChI is InChI=1S/C13H8F3NO2/c14-7-2-4-11(10(16)5-7)17-12-6-8(15)1-3-9(12)13(18)19/h1-6,17H,(H,18,19). The molecule has 98 valence electrons. The Hall–Kier alpha value is -2.50. The van der Waals surface area contributed by atoms with Gasteiger partial charge in [-0.15, -0.1) is 0 Å². The normalized spacial score (nSPS) is 10.3. The topological polar surface area (TPSA) is 49.3 Å². The first kappa shape index (κ1) is 12.9. The van der Waals surface area contributed by atoms with Gasteiger partial charge >= 0.3 is 5.97 Å². The fourth-order valence-corrected chi connectivity index (χ4v) is 1.54. The minimum Gasteiger partial charge on any atom is -0.478 e. The minimum atomic E-state index is -1.29. The van der Waals surface area contributed by atoms with E-state index >= 15 is 0 Å². The highest BCUT2D eigenvalue weighted by molar-refractivity contribution is 5.95. The number of aromatic carboxylic acids is 1. The van der Waals surface area contributed by atoms with Crippen LogP contribution in [0.1, 0.15) is 10.4 Å². The molecule has 0 aromatic heterocycles. The Balaban J connectivity index is 2.42. The molecular formula is C13H8F3NO2. The third-order valence-electron chi connectivity index (χ3n) is 2.41. The van der Waals surface area contributed by atoms with Gasteiger partial charge in [0.05, 0.1) is 16.9 Å². The number of benzene rings is 2. The van der Waals surface area contributed by atoms with Gasteiger partial charge in [0.25, 0.3) is 0 Å². The van der Waals surface area contributed by atoms with Crippen LogP contribution in [0.5, 0.6) is 0 Å². The molecule has 0 heterocycles. The second kappa shape index (κ2) is 5.01. The molecule has 2 rings (SSSR count). The van der Waals surface area contributed by atoms with Crippen molar-refractivity contribution < 1.29 is 23.1 Å². The van der Waals surface area contributed by atoms with Gasteiger partial charge in [0.2, 0.25) is 0 Å². The van der Waals surface area contributed by atoms with E-state index in [-0.39, 0.29) is 16.9 Å². The fraction of sp³-hybridized carbons (Fsp3) is 0. The second-order valence-electron chi connectivity index (χ2n) is 3.74. The zero-order valence-corrected chi connectivity index (χ0v) is 9.45. The Kier molecular flexibility index (Phi) is 3.41. The van der Waals surface area contributed by atoms with Gasteiger partial charge in [0.15, 0.2) is 0 Å². The van der Waals surface area contributed by atoms with Gasteiger partial charge in [0, 0.05) is 6.07 Å². The fourth-order valence-electron chi connectivity index (χ4n) is 1.54. The second-order valence-corrected chi connectivity index (χ2v) is 3.74. The van der Waals surface area contributed by atoms with Crippen LogP contribution in [0.2, 0.25) is 0 Å². The molecule has 0 unspecified atom stereocenters. The highest BCUT2D eigenvalue weighted by Gasteiger charge is 2.13. The molecule has 0 saturated carbocycles. The highest BCUT2D eigenvalue weighted by atomic mass is 19.1. The largest absolute Gasteiger partial charge is 0.478 e. The minimum absolute atomic E-state index is 0.113. The Bertz CT molecular complexity index is 644. The van der Waals surface area contributed by atoms with E-state index in [4.69, 9.17) is 5.11 Å². The lowest BCUT2D eigenvalue weighted by atomic mass is 10.1. The van der Waals surface area contributed by atoms with Crippen LogP contribution in [0, 0.1) is 17.5 Å². The van der Waals surface area contributed by atoms with Crippen molar-refractivity contribution in [2.75, 3.05) is 5.32 Å². The zero-order valence-electron chi connectivity index (χ0n) is 9.45. The summed E-state index contributed by atoms with van der Waals surface area (Å²) in [5.41, 5.74) is -0.474. The molecule has 2 N–H and O–H groups in total. The molecule has 6 heteroatoms. The van der Waals surface area contributed by atoms with Crippen molar-refractivity contribution in [1.29, 1.82) is 0 Å². The van der Waals surface area contributed by atoms with Crippen molar-refractivity contribution in [3.8, 4) is 0 Å². The molecule has 3 nitrogen and oxygen atoms in total. The van der Waals surface area contributed by atoms with Crippen LogP contribution in [0.3, 0.4) is 0 Å². The lowest BCUT2D eigenvalue weighted by Crippen LogP contribution is -2.04. The quantitative estimate of drug-likeness (QED) is 0.894. The predicted molar refractivity (Wildman–Crippen MR) is 63.0 cm³/mol. The van der Waals surface area contributed by atoms with Crippen LogP contribution in [-0.2, 0) is 0 Å². The van der Waals surface area contributed by atoms with Gasteiger partial charge in [0.1, 0.15) is 17.5 Å². The molecule has 0 saturated heterocycles. The molecule has 0 radical (unpaired) electrons. The van der Waals surface area contributed by atoms with Crippen molar-refractivity contribution in [1.82, 2.24) is 0 Å². The number of halogens is 3. The Morgan fingerprint density at radius 3 is 2.21 bits per heavy atom. The number of rotatable bonds is 3. The molecule has 0 atom stereocenters. The van der Waals surface area contributed by atoms with E-state index in [1.54, 1.807) is 0 Å². The third-order valence-corrected chi connectivity index (χ3v) is 2.41. The average molecular weight is 267 g/mol. The summed E-state index contributed by atoms with van der Waals surface area (Å²) in [4.78, 5) is 10.9. The van der Waals surface area contributed by atoms with Crippen molar-refractivity contribution in [3.05, 3.63) is 59.4 Å². The molecular weight excluding hydrogens is 259 g/mol. The Labute approximate surface area is 106 Å². The van der Waals surface area contributed by atoms with Crippen molar-refractivity contribution in [2.45, 2.75) is 0 Å². The maximum absolute atomic E-state index is 13.4. The molecule has 0 bridgehead atoms. The van der Waals surface area contributed by atoms with Gasteiger partial charge in [-0.3, -0.25) is 0 Å². The number of hydrogen-bond donors (Lipinski definition) is 2. The van der Waals surface area contributed by atoms with E-state index in [1.807, 2.05) is 0 Å². The highest BCUT2D eigenvalue weighted by Crippen LogP contribution is 2.24. The smallest absolute Gasteiger partial charge is 0.337 e. The van der Waals surface area contributed by atoms with E-state index in [2.05, 4.69) is 5.32 Å². The summed E-state index contributed by atoms with van der Waals surface area (Å²) < 4.78 is 39.3. The summed E-state index contributed by atoms with van der Waals surface area (Å²) in [6.07, 6.45) is 0. The number of anilines is 2. The first-order valence-corrected chi connectivity index (χ1v) is 5.22.